The molecule has 0 unspecified atom stereocenters. The Morgan fingerprint density at radius 1 is 1.27 bits per heavy atom. The van der Waals surface area contributed by atoms with Gasteiger partial charge in [0.15, 0.2) is 20.8 Å². The molecule has 2 aromatic heterocycles. The Labute approximate surface area is 222 Å². The molecule has 1 aliphatic carbocycles. The van der Waals surface area contributed by atoms with Crippen molar-refractivity contribution in [3.63, 3.8) is 0 Å². The highest BCUT2D eigenvalue weighted by Gasteiger charge is 2.56. The number of H-pyrrole nitrogens is 1. The molecule has 10 nitrogen and oxygen atoms in total. The smallest absolute Gasteiger partial charge is 0.171 e. The van der Waals surface area contributed by atoms with Crippen LogP contribution in [0.3, 0.4) is 0 Å². The van der Waals surface area contributed by atoms with Crippen LogP contribution in [0, 0.1) is 0 Å². The van der Waals surface area contributed by atoms with Gasteiger partial charge in [0.1, 0.15) is 16.4 Å². The summed E-state index contributed by atoms with van der Waals surface area (Å²) in [5, 5.41) is 6.75. The predicted molar refractivity (Wildman–Crippen MR) is 147 cm³/mol. The van der Waals surface area contributed by atoms with E-state index in [0.29, 0.717) is 55.8 Å². The van der Waals surface area contributed by atoms with Crippen LogP contribution in [0.15, 0.2) is 42.7 Å². The van der Waals surface area contributed by atoms with Crippen molar-refractivity contribution in [3.05, 3.63) is 54.2 Å². The largest absolute Gasteiger partial charge is 0.377 e. The third-order valence-electron chi connectivity index (χ3n) is 6.89. The van der Waals surface area contributed by atoms with E-state index in [9.17, 15) is 8.42 Å². The summed E-state index contributed by atoms with van der Waals surface area (Å²) in [7, 11) is -3.31. The highest BCUT2D eigenvalue weighted by atomic mass is 32.2. The molecule has 0 radical (unpaired) electrons. The van der Waals surface area contributed by atoms with E-state index >= 15 is 0 Å². The van der Waals surface area contributed by atoms with Crippen molar-refractivity contribution in [1.29, 1.82) is 0 Å². The fourth-order valence-corrected chi connectivity index (χ4v) is 6.45. The lowest BCUT2D eigenvalue weighted by Crippen LogP contribution is -2.44. The Morgan fingerprint density at radius 2 is 2.05 bits per heavy atom. The van der Waals surface area contributed by atoms with Crippen molar-refractivity contribution in [2.75, 3.05) is 35.7 Å². The topological polar surface area (TPSA) is 125 Å². The van der Waals surface area contributed by atoms with Gasteiger partial charge in [-0.1, -0.05) is 6.92 Å². The van der Waals surface area contributed by atoms with Crippen molar-refractivity contribution in [2.45, 2.75) is 44.0 Å². The molecule has 0 amide bonds. The van der Waals surface area contributed by atoms with Gasteiger partial charge in [-0.3, -0.25) is 0 Å². The summed E-state index contributed by atoms with van der Waals surface area (Å²) in [6.45, 7) is 6.16. The number of ether oxygens (including phenoxy) is 1. The molecular weight excluding hydrogens is 510 g/mol. The van der Waals surface area contributed by atoms with E-state index in [4.69, 9.17) is 26.9 Å². The molecular formula is C25H31N7O3S2. The number of benzene rings is 1. The zero-order valence-electron chi connectivity index (χ0n) is 20.9. The number of rotatable bonds is 8. The Balaban J connectivity index is 1.41. The second-order valence-corrected chi connectivity index (χ2v) is 12.4. The van der Waals surface area contributed by atoms with Crippen molar-refractivity contribution in [2.24, 2.45) is 0 Å². The molecule has 3 N–H and O–H groups in total. The number of thiocarbonyl (C=S) groups is 1. The summed E-state index contributed by atoms with van der Waals surface area (Å²) >= 11 is 5.39. The first-order valence-corrected chi connectivity index (χ1v) is 14.5. The maximum atomic E-state index is 13.0. The van der Waals surface area contributed by atoms with Gasteiger partial charge in [-0.15, -0.1) is 0 Å². The van der Waals surface area contributed by atoms with Crippen LogP contribution in [0.2, 0.25) is 0 Å². The zero-order valence-corrected chi connectivity index (χ0v) is 22.5. The van der Waals surface area contributed by atoms with Crippen molar-refractivity contribution in [3.8, 4) is 11.4 Å². The van der Waals surface area contributed by atoms with Gasteiger partial charge in [-0.2, -0.15) is 0 Å². The molecule has 1 aromatic carbocycles. The first-order valence-electron chi connectivity index (χ1n) is 12.4. The molecule has 0 bridgehead atoms. The number of aromatic nitrogens is 4. The van der Waals surface area contributed by atoms with E-state index in [1.165, 1.54) is 0 Å². The minimum atomic E-state index is -3.31. The van der Waals surface area contributed by atoms with Gasteiger partial charge in [-0.25, -0.2) is 23.4 Å². The quantitative estimate of drug-likeness (QED) is 0.367. The second kappa shape index (κ2) is 10.3. The lowest BCUT2D eigenvalue weighted by Gasteiger charge is -2.34. The van der Waals surface area contributed by atoms with Gasteiger partial charge < -0.3 is 25.3 Å². The summed E-state index contributed by atoms with van der Waals surface area (Å²) in [4.78, 5) is 19.0. The summed E-state index contributed by atoms with van der Waals surface area (Å²) < 4.78 is 30.8. The maximum absolute atomic E-state index is 13.0. The maximum Gasteiger partial charge on any atom is 0.171 e. The van der Waals surface area contributed by atoms with Crippen LogP contribution in [0.4, 0.5) is 11.5 Å². The molecule has 2 aliphatic rings. The number of imidazole rings is 1. The number of aromatic amines is 1. The SMILES string of the molecule is CCS(=O)(=O)C1(c2cc(N3CCOC[C@@H]3C)nc(-c3ccc(NC(=S)NCc4ncc[nH]4)cc3)n2)CC1. The number of nitrogens with one attached hydrogen (secondary N) is 3. The predicted octanol–water partition coefficient (Wildman–Crippen LogP) is 3.00. The third kappa shape index (κ3) is 5.32. The molecule has 37 heavy (non-hydrogen) atoms. The average Bonchev–Trinajstić information content (AvgIpc) is 3.58. The zero-order chi connectivity index (χ0) is 26.0. The molecule has 5 rings (SSSR count). The number of morpholine rings is 1. The number of hydrogen-bond donors (Lipinski definition) is 3. The van der Waals surface area contributed by atoms with Crippen molar-refractivity contribution in [1.82, 2.24) is 25.3 Å². The highest BCUT2D eigenvalue weighted by Crippen LogP contribution is 2.53. The Morgan fingerprint density at radius 3 is 2.70 bits per heavy atom. The van der Waals surface area contributed by atoms with E-state index in [-0.39, 0.29) is 11.8 Å². The molecule has 3 aromatic rings. The minimum Gasteiger partial charge on any atom is -0.377 e. The lowest BCUT2D eigenvalue weighted by molar-refractivity contribution is 0.0985. The van der Waals surface area contributed by atoms with E-state index in [2.05, 4.69) is 32.4 Å². The van der Waals surface area contributed by atoms with Crippen LogP contribution < -0.4 is 15.5 Å². The van der Waals surface area contributed by atoms with Gasteiger partial charge in [0.25, 0.3) is 0 Å². The van der Waals surface area contributed by atoms with Crippen LogP contribution in [0.25, 0.3) is 11.4 Å². The molecule has 1 aliphatic heterocycles. The lowest BCUT2D eigenvalue weighted by atomic mass is 10.1. The van der Waals surface area contributed by atoms with Gasteiger partial charge in [0.05, 0.1) is 31.5 Å². The highest BCUT2D eigenvalue weighted by molar-refractivity contribution is 7.92. The minimum absolute atomic E-state index is 0.0872. The fourth-order valence-electron chi connectivity index (χ4n) is 4.56. The molecule has 0 spiro atoms. The molecule has 1 saturated carbocycles. The summed E-state index contributed by atoms with van der Waals surface area (Å²) in [6.07, 6.45) is 4.63. The van der Waals surface area contributed by atoms with Gasteiger partial charge >= 0.3 is 0 Å². The molecule has 3 heterocycles. The normalized spacial score (nSPS) is 18.9. The molecule has 12 heteroatoms. The molecule has 2 fully saturated rings. The van der Waals surface area contributed by atoms with Crippen LogP contribution >= 0.6 is 12.2 Å². The number of nitrogens with zero attached hydrogens (tertiary/aromatic N) is 4. The second-order valence-electron chi connectivity index (χ2n) is 9.37. The summed E-state index contributed by atoms with van der Waals surface area (Å²) in [6, 6.07) is 9.62. The number of anilines is 2. The monoisotopic (exact) mass is 541 g/mol. The molecule has 196 valence electrons. The van der Waals surface area contributed by atoms with Crippen molar-refractivity contribution >= 4 is 38.7 Å². The van der Waals surface area contributed by atoms with Gasteiger partial charge in [0, 0.05) is 42.0 Å². The average molecular weight is 542 g/mol. The Bertz CT molecular complexity index is 1360. The van der Waals surface area contributed by atoms with E-state index in [1.807, 2.05) is 30.3 Å². The van der Waals surface area contributed by atoms with E-state index in [0.717, 1.165) is 22.9 Å². The van der Waals surface area contributed by atoms with Crippen LogP contribution in [-0.4, -0.2) is 65.0 Å². The first-order chi connectivity index (χ1) is 17.8. The Kier molecular flexibility index (Phi) is 7.15. The molecule has 1 saturated heterocycles. The number of sulfone groups is 1. The van der Waals surface area contributed by atoms with E-state index < -0.39 is 14.6 Å². The third-order valence-corrected chi connectivity index (χ3v) is 9.71. The van der Waals surface area contributed by atoms with Gasteiger partial charge in [-0.05, 0) is 56.2 Å². The van der Waals surface area contributed by atoms with Crippen LogP contribution in [0.1, 0.15) is 38.2 Å². The standard InChI is InChI=1S/C25H31N7O3S2/c1-3-37(33,34)25(8-9-25)20-14-22(32-12-13-35-16-17(32)2)31-23(30-20)18-4-6-19(7-5-18)29-24(36)28-15-21-26-10-11-27-21/h4-7,10-11,14,17H,3,8-9,12-13,15-16H2,1-2H3,(H,26,27)(H2,28,29,36)/t17-/m0/s1. The van der Waals surface area contributed by atoms with E-state index in [1.54, 1.807) is 19.3 Å². The fraction of sp³-hybridized carbons (Fsp3) is 0.440. The summed E-state index contributed by atoms with van der Waals surface area (Å²) in [5.41, 5.74) is 2.19. The molecule has 1 atom stereocenters. The van der Waals surface area contributed by atoms with Crippen LogP contribution in [0.5, 0.6) is 0 Å². The van der Waals surface area contributed by atoms with Crippen LogP contribution in [-0.2, 0) is 25.9 Å². The number of hydrogen-bond acceptors (Lipinski definition) is 8. The first kappa shape index (κ1) is 25.6. The van der Waals surface area contributed by atoms with Gasteiger partial charge in [0.2, 0.25) is 0 Å². The Hall–Kier alpha value is -3.09. The van der Waals surface area contributed by atoms with Crippen molar-refractivity contribution < 1.29 is 13.2 Å². The summed E-state index contributed by atoms with van der Waals surface area (Å²) in [5.74, 6) is 2.12.